The van der Waals surface area contributed by atoms with Crippen molar-refractivity contribution in [1.82, 2.24) is 0 Å². The van der Waals surface area contributed by atoms with Crippen molar-refractivity contribution < 1.29 is 13.9 Å². The van der Waals surface area contributed by atoms with Crippen molar-refractivity contribution in [3.05, 3.63) is 35.8 Å². The summed E-state index contributed by atoms with van der Waals surface area (Å²) < 4.78 is 16.1. The Morgan fingerprint density at radius 1 is 1.56 bits per heavy atom. The highest BCUT2D eigenvalue weighted by atomic mass is 16.7. The average molecular weight is 246 g/mol. The predicted molar refractivity (Wildman–Crippen MR) is 68.9 cm³/mol. The van der Waals surface area contributed by atoms with Crippen LogP contribution in [0.3, 0.4) is 0 Å². The molecule has 18 heavy (non-hydrogen) atoms. The molecule has 3 heteroatoms. The molecule has 1 saturated heterocycles. The number of rotatable bonds is 3. The maximum atomic E-state index is 5.66. The van der Waals surface area contributed by atoms with Gasteiger partial charge in [-0.15, -0.1) is 0 Å². The molecule has 0 bridgehead atoms. The maximum Gasteiger partial charge on any atom is 0.158 e. The Balaban J connectivity index is 1.75. The van der Waals surface area contributed by atoms with Crippen LogP contribution < -0.4 is 0 Å². The summed E-state index contributed by atoms with van der Waals surface area (Å²) in [5.41, 5.74) is 1.98. The van der Waals surface area contributed by atoms with Gasteiger partial charge in [-0.25, -0.2) is 0 Å². The smallest absolute Gasteiger partial charge is 0.158 e. The van der Waals surface area contributed by atoms with Gasteiger partial charge in [-0.3, -0.25) is 0 Å². The van der Waals surface area contributed by atoms with Gasteiger partial charge in [-0.2, -0.15) is 0 Å². The largest absolute Gasteiger partial charge is 0.471 e. The van der Waals surface area contributed by atoms with Crippen LogP contribution in [0.25, 0.3) is 0 Å². The predicted octanol–water partition coefficient (Wildman–Crippen LogP) is 3.12. The third kappa shape index (κ3) is 4.40. The fourth-order valence-corrected chi connectivity index (χ4v) is 1.69. The van der Waals surface area contributed by atoms with E-state index in [9.17, 15) is 0 Å². The van der Waals surface area contributed by atoms with Crippen LogP contribution in [0.2, 0.25) is 0 Å². The topological polar surface area (TPSA) is 31.6 Å². The molecule has 0 saturated carbocycles. The molecule has 3 nitrogen and oxygen atoms in total. The second kappa shape index (κ2) is 7.05. The molecule has 2 rings (SSSR count). The number of ether oxygens (including phenoxy) is 2. The zero-order valence-electron chi connectivity index (χ0n) is 10.6. The maximum absolute atomic E-state index is 5.66. The van der Waals surface area contributed by atoms with Crippen LogP contribution in [0.5, 0.6) is 0 Å². The Kier molecular flexibility index (Phi) is 5.07. The lowest BCUT2D eigenvalue weighted by Gasteiger charge is -2.22. The lowest BCUT2D eigenvalue weighted by molar-refractivity contribution is -0.156. The van der Waals surface area contributed by atoms with Crippen LogP contribution in [0, 0.1) is 11.8 Å². The average Bonchev–Trinajstić information content (AvgIpc) is 2.91. The van der Waals surface area contributed by atoms with Crippen LogP contribution in [0.1, 0.15) is 31.7 Å². The molecule has 1 aliphatic rings. The summed E-state index contributed by atoms with van der Waals surface area (Å²) in [5.74, 6) is 5.97. The zero-order valence-corrected chi connectivity index (χ0v) is 10.6. The van der Waals surface area contributed by atoms with Crippen molar-refractivity contribution in [2.24, 2.45) is 0 Å². The first-order chi connectivity index (χ1) is 8.84. The molecular weight excluding hydrogens is 228 g/mol. The third-order valence-electron chi connectivity index (χ3n) is 2.69. The minimum atomic E-state index is -0.0380. The first kappa shape index (κ1) is 12.9. The highest BCUT2D eigenvalue weighted by molar-refractivity contribution is 5.34. The van der Waals surface area contributed by atoms with Crippen molar-refractivity contribution in [3.8, 4) is 11.8 Å². The summed E-state index contributed by atoms with van der Waals surface area (Å²) in [6.07, 6.45) is 8.40. The molecule has 0 aliphatic carbocycles. The van der Waals surface area contributed by atoms with Crippen LogP contribution in [-0.2, 0) is 9.47 Å². The van der Waals surface area contributed by atoms with Crippen LogP contribution >= 0.6 is 0 Å². The standard InChI is InChI=1S/C15H18O3/c1-13(5-4-6-14-8-10-16-12-14)11-18-15-7-2-3-9-17-15/h5,8,10,12,15H,2-3,7,9,11H2,1H3/b13-5+. The molecule has 1 unspecified atom stereocenters. The van der Waals surface area contributed by atoms with Gasteiger partial charge in [0.1, 0.15) is 6.26 Å². The second-order valence-electron chi connectivity index (χ2n) is 4.38. The highest BCUT2D eigenvalue weighted by Crippen LogP contribution is 2.14. The van der Waals surface area contributed by atoms with Crippen LogP contribution in [0.4, 0.5) is 0 Å². The van der Waals surface area contributed by atoms with Gasteiger partial charge in [0.15, 0.2) is 6.29 Å². The molecule has 96 valence electrons. The number of allylic oxidation sites excluding steroid dienone is 1. The number of hydrogen-bond donors (Lipinski definition) is 0. The molecule has 1 aromatic heterocycles. The monoisotopic (exact) mass is 246 g/mol. The molecule has 0 aromatic carbocycles. The van der Waals surface area contributed by atoms with E-state index >= 15 is 0 Å². The first-order valence-corrected chi connectivity index (χ1v) is 6.27. The lowest BCUT2D eigenvalue weighted by Crippen LogP contribution is -2.22. The van der Waals surface area contributed by atoms with Crippen molar-refractivity contribution in [1.29, 1.82) is 0 Å². The van der Waals surface area contributed by atoms with Gasteiger partial charge >= 0.3 is 0 Å². The molecular formula is C15H18O3. The van der Waals surface area contributed by atoms with Crippen molar-refractivity contribution >= 4 is 0 Å². The first-order valence-electron chi connectivity index (χ1n) is 6.27. The molecule has 1 atom stereocenters. The number of hydrogen-bond acceptors (Lipinski definition) is 3. The molecule has 1 aliphatic heterocycles. The van der Waals surface area contributed by atoms with Gasteiger partial charge in [0.05, 0.1) is 18.4 Å². The van der Waals surface area contributed by atoms with Crippen molar-refractivity contribution in [2.45, 2.75) is 32.5 Å². The van der Waals surface area contributed by atoms with E-state index < -0.39 is 0 Å². The summed E-state index contributed by atoms with van der Waals surface area (Å²) in [6.45, 7) is 3.39. The quantitative estimate of drug-likeness (QED) is 0.768. The lowest BCUT2D eigenvalue weighted by atomic mass is 10.2. The van der Waals surface area contributed by atoms with E-state index in [-0.39, 0.29) is 6.29 Å². The fourth-order valence-electron chi connectivity index (χ4n) is 1.69. The van der Waals surface area contributed by atoms with Crippen LogP contribution in [0.15, 0.2) is 34.7 Å². The van der Waals surface area contributed by atoms with Gasteiger partial charge in [0, 0.05) is 6.61 Å². The molecule has 0 radical (unpaired) electrons. The van der Waals surface area contributed by atoms with E-state index in [1.165, 1.54) is 6.42 Å². The molecule has 2 heterocycles. The Bertz CT molecular complexity index is 428. The SMILES string of the molecule is C/C(=C\C#Cc1ccoc1)COC1CCCCO1. The molecule has 0 N–H and O–H groups in total. The highest BCUT2D eigenvalue weighted by Gasteiger charge is 2.13. The summed E-state index contributed by atoms with van der Waals surface area (Å²) in [4.78, 5) is 0. The third-order valence-corrected chi connectivity index (χ3v) is 2.69. The van der Waals surface area contributed by atoms with Crippen LogP contribution in [-0.4, -0.2) is 19.5 Å². The summed E-state index contributed by atoms with van der Waals surface area (Å²) >= 11 is 0. The van der Waals surface area contributed by atoms with E-state index in [4.69, 9.17) is 13.9 Å². The van der Waals surface area contributed by atoms with Gasteiger partial charge in [-0.05, 0) is 43.9 Å². The van der Waals surface area contributed by atoms with Gasteiger partial charge in [0.25, 0.3) is 0 Å². The normalized spacial score (nSPS) is 20.3. The minimum absolute atomic E-state index is 0.0380. The molecule has 1 fully saturated rings. The number of furan rings is 1. The summed E-state index contributed by atoms with van der Waals surface area (Å²) in [6, 6.07) is 1.84. The van der Waals surface area contributed by atoms with Crippen molar-refractivity contribution in [2.75, 3.05) is 13.2 Å². The van der Waals surface area contributed by atoms with E-state index in [2.05, 4.69) is 11.8 Å². The van der Waals surface area contributed by atoms with Gasteiger partial charge in [-0.1, -0.05) is 11.8 Å². The zero-order chi connectivity index (χ0) is 12.6. The summed E-state index contributed by atoms with van der Waals surface area (Å²) in [7, 11) is 0. The van der Waals surface area contributed by atoms with Gasteiger partial charge < -0.3 is 13.9 Å². The van der Waals surface area contributed by atoms with E-state index in [1.54, 1.807) is 12.5 Å². The fraction of sp³-hybridized carbons (Fsp3) is 0.467. The Labute approximate surface area is 108 Å². The Hall–Kier alpha value is -1.50. The van der Waals surface area contributed by atoms with E-state index in [0.29, 0.717) is 6.61 Å². The van der Waals surface area contributed by atoms with Crippen molar-refractivity contribution in [3.63, 3.8) is 0 Å². The van der Waals surface area contributed by atoms with Gasteiger partial charge in [0.2, 0.25) is 0 Å². The van der Waals surface area contributed by atoms with E-state index in [1.807, 2.05) is 19.1 Å². The van der Waals surface area contributed by atoms with E-state index in [0.717, 1.165) is 30.6 Å². The Morgan fingerprint density at radius 3 is 3.22 bits per heavy atom. The second-order valence-corrected chi connectivity index (χ2v) is 4.38. The molecule has 0 amide bonds. The minimum Gasteiger partial charge on any atom is -0.471 e. The Morgan fingerprint density at radius 2 is 2.50 bits per heavy atom. The molecule has 1 aromatic rings. The summed E-state index contributed by atoms with van der Waals surface area (Å²) in [5, 5.41) is 0. The molecule has 0 spiro atoms.